The Morgan fingerprint density at radius 1 is 1.03 bits per heavy atom. The van der Waals surface area contributed by atoms with Crippen LogP contribution in [0.15, 0.2) is 77.5 Å². The highest BCUT2D eigenvalue weighted by molar-refractivity contribution is 5.55. The Labute approximate surface area is 215 Å². The first kappa shape index (κ1) is 24.8. The third-order valence-electron chi connectivity index (χ3n) is 7.12. The van der Waals surface area contributed by atoms with Gasteiger partial charge < -0.3 is 4.42 Å². The summed E-state index contributed by atoms with van der Waals surface area (Å²) in [6.07, 6.45) is 1.19. The molecule has 37 heavy (non-hydrogen) atoms. The normalized spacial score (nSPS) is 16.1. The molecular weight excluding hydrogens is 470 g/mol. The van der Waals surface area contributed by atoms with Gasteiger partial charge >= 0.3 is 0 Å². The molecule has 5 rings (SSSR count). The average molecular weight is 499 g/mol. The fourth-order valence-corrected chi connectivity index (χ4v) is 5.55. The summed E-state index contributed by atoms with van der Waals surface area (Å²) in [7, 11) is 0. The number of nitriles is 1. The molecular formula is C30H28F2N4O. The van der Waals surface area contributed by atoms with Crippen molar-refractivity contribution >= 4 is 0 Å². The van der Waals surface area contributed by atoms with Crippen LogP contribution in [0.3, 0.4) is 0 Å². The molecule has 2 heterocycles. The van der Waals surface area contributed by atoms with Gasteiger partial charge in [0.15, 0.2) is 0 Å². The third-order valence-corrected chi connectivity index (χ3v) is 7.12. The molecule has 1 aliphatic rings. The van der Waals surface area contributed by atoms with Crippen molar-refractivity contribution in [2.75, 3.05) is 13.1 Å². The fraction of sp³-hybridized carbons (Fsp3) is 0.300. The van der Waals surface area contributed by atoms with Crippen LogP contribution in [0.5, 0.6) is 0 Å². The van der Waals surface area contributed by atoms with E-state index >= 15 is 4.39 Å². The topological polar surface area (TPSA) is 66.0 Å². The van der Waals surface area contributed by atoms with E-state index in [0.29, 0.717) is 29.8 Å². The molecule has 1 fully saturated rings. The second-order valence-corrected chi connectivity index (χ2v) is 10.3. The number of hydrogen-bond acceptors (Lipinski definition) is 5. The lowest BCUT2D eigenvalue weighted by atomic mass is 9.72. The van der Waals surface area contributed by atoms with Crippen molar-refractivity contribution in [2.45, 2.75) is 38.4 Å². The Kier molecular flexibility index (Phi) is 6.61. The van der Waals surface area contributed by atoms with E-state index in [4.69, 9.17) is 4.42 Å². The van der Waals surface area contributed by atoms with E-state index in [9.17, 15) is 9.65 Å². The monoisotopic (exact) mass is 498 g/mol. The van der Waals surface area contributed by atoms with Gasteiger partial charge in [0.1, 0.15) is 11.5 Å². The van der Waals surface area contributed by atoms with Crippen LogP contribution in [0.25, 0.3) is 11.5 Å². The Morgan fingerprint density at radius 2 is 1.78 bits per heavy atom. The second-order valence-electron chi connectivity index (χ2n) is 10.3. The fourth-order valence-electron chi connectivity index (χ4n) is 5.55. The largest absolute Gasteiger partial charge is 0.423 e. The number of benzene rings is 3. The van der Waals surface area contributed by atoms with Crippen LogP contribution in [0.4, 0.5) is 8.78 Å². The lowest BCUT2D eigenvalue weighted by Crippen LogP contribution is -2.53. The van der Waals surface area contributed by atoms with Crippen molar-refractivity contribution in [2.24, 2.45) is 5.92 Å². The predicted molar refractivity (Wildman–Crippen MR) is 137 cm³/mol. The average Bonchev–Trinajstić information content (AvgIpc) is 3.38. The minimum absolute atomic E-state index is 0.0376. The van der Waals surface area contributed by atoms with Gasteiger partial charge in [0.05, 0.1) is 17.7 Å². The van der Waals surface area contributed by atoms with E-state index in [1.165, 1.54) is 18.5 Å². The van der Waals surface area contributed by atoms with E-state index < -0.39 is 17.4 Å². The number of aromatic nitrogens is 2. The van der Waals surface area contributed by atoms with Gasteiger partial charge in [-0.15, -0.1) is 10.2 Å². The zero-order chi connectivity index (χ0) is 26.2. The molecule has 1 saturated heterocycles. The van der Waals surface area contributed by atoms with Crippen LogP contribution >= 0.6 is 0 Å². The smallest absolute Gasteiger partial charge is 0.247 e. The molecule has 0 spiro atoms. The summed E-state index contributed by atoms with van der Waals surface area (Å²) in [5, 5.41) is 17.0. The molecule has 7 heteroatoms. The summed E-state index contributed by atoms with van der Waals surface area (Å²) in [5.74, 6) is -0.847. The molecule has 2 atom stereocenters. The number of hydrogen-bond donors (Lipinski definition) is 0. The Morgan fingerprint density at radius 3 is 2.43 bits per heavy atom. The van der Waals surface area contributed by atoms with Crippen LogP contribution in [0, 0.1) is 30.0 Å². The molecule has 1 aliphatic heterocycles. The molecule has 3 aromatic carbocycles. The summed E-state index contributed by atoms with van der Waals surface area (Å²) >= 11 is 0. The van der Waals surface area contributed by atoms with Crippen molar-refractivity contribution in [3.8, 4) is 17.5 Å². The second kappa shape index (κ2) is 9.87. The molecule has 0 aliphatic carbocycles. The molecule has 0 N–H and O–H groups in total. The van der Waals surface area contributed by atoms with Gasteiger partial charge in [-0.2, -0.15) is 5.26 Å². The van der Waals surface area contributed by atoms with Crippen LogP contribution in [0.2, 0.25) is 0 Å². The van der Waals surface area contributed by atoms with Crippen LogP contribution < -0.4 is 0 Å². The van der Waals surface area contributed by atoms with Crippen molar-refractivity contribution in [1.29, 1.82) is 5.26 Å². The number of likely N-dealkylation sites (tertiary alicyclic amines) is 1. The van der Waals surface area contributed by atoms with Crippen LogP contribution in [-0.2, 0) is 0 Å². The highest BCUT2D eigenvalue weighted by atomic mass is 19.1. The number of rotatable bonds is 7. The summed E-state index contributed by atoms with van der Waals surface area (Å²) in [6.45, 7) is 6.39. The first-order valence-electron chi connectivity index (χ1n) is 12.3. The van der Waals surface area contributed by atoms with Gasteiger partial charge in [0, 0.05) is 24.6 Å². The summed E-state index contributed by atoms with van der Waals surface area (Å²) < 4.78 is 35.6. The van der Waals surface area contributed by atoms with E-state index in [1.54, 1.807) is 26.0 Å². The maximum absolute atomic E-state index is 15.7. The first-order valence-corrected chi connectivity index (χ1v) is 12.3. The predicted octanol–water partition coefficient (Wildman–Crippen LogP) is 6.61. The number of aryl methyl sites for hydroxylation is 1. The maximum Gasteiger partial charge on any atom is 0.247 e. The van der Waals surface area contributed by atoms with Crippen LogP contribution in [0.1, 0.15) is 53.6 Å². The highest BCUT2D eigenvalue weighted by Gasteiger charge is 2.45. The summed E-state index contributed by atoms with van der Waals surface area (Å²) in [4.78, 5) is 2.29. The molecule has 188 valence electrons. The third kappa shape index (κ3) is 5.16. The maximum atomic E-state index is 15.7. The number of alkyl halides is 1. The minimum atomic E-state index is -1.59. The number of halogens is 2. The van der Waals surface area contributed by atoms with E-state index in [-0.39, 0.29) is 17.9 Å². The molecule has 0 bridgehead atoms. The summed E-state index contributed by atoms with van der Waals surface area (Å²) in [5.41, 5.74) is 3.31. The SMILES string of the molecule is Cc1ccc(C(c2cccc(C#N)c2)N2CC(C(c3cc(F)cc(-c4nnco4)c3)C(C)(C)F)C2)cc1. The van der Waals surface area contributed by atoms with E-state index in [2.05, 4.69) is 45.4 Å². The minimum Gasteiger partial charge on any atom is -0.423 e. The standard InChI is InChI=1S/C30H28F2N4O/c1-19-7-9-21(10-8-19)28(22-6-4-5-20(11-22)15-33)36-16-25(17-36)27(30(2,3)32)23-12-24(14-26(31)13-23)29-35-34-18-37-29/h4-14,18,25,27-28H,16-17H2,1-3H3. The molecule has 2 unspecified atom stereocenters. The van der Waals surface area contributed by atoms with Gasteiger partial charge in [-0.3, -0.25) is 4.90 Å². The van der Waals surface area contributed by atoms with E-state index in [0.717, 1.165) is 16.7 Å². The zero-order valence-electron chi connectivity index (χ0n) is 21.0. The molecule has 0 radical (unpaired) electrons. The molecule has 4 aromatic rings. The van der Waals surface area contributed by atoms with Crippen molar-refractivity contribution in [3.05, 3.63) is 107 Å². The highest BCUT2D eigenvalue weighted by Crippen LogP contribution is 2.46. The van der Waals surface area contributed by atoms with Gasteiger partial charge in [-0.05, 0) is 73.7 Å². The Balaban J connectivity index is 1.47. The quantitative estimate of drug-likeness (QED) is 0.287. The van der Waals surface area contributed by atoms with E-state index in [1.807, 2.05) is 25.1 Å². The Hall–Kier alpha value is -3.89. The molecule has 0 saturated carbocycles. The van der Waals surface area contributed by atoms with Crippen molar-refractivity contribution in [1.82, 2.24) is 15.1 Å². The first-order chi connectivity index (χ1) is 17.7. The molecule has 1 aromatic heterocycles. The Bertz CT molecular complexity index is 1420. The molecule has 5 nitrogen and oxygen atoms in total. The molecule has 0 amide bonds. The lowest BCUT2D eigenvalue weighted by molar-refractivity contribution is 0.00813. The lowest BCUT2D eigenvalue weighted by Gasteiger charge is -2.50. The van der Waals surface area contributed by atoms with Gasteiger partial charge in [-0.25, -0.2) is 8.78 Å². The van der Waals surface area contributed by atoms with Gasteiger partial charge in [0.2, 0.25) is 12.3 Å². The van der Waals surface area contributed by atoms with Gasteiger partial charge in [0.25, 0.3) is 0 Å². The van der Waals surface area contributed by atoms with Crippen molar-refractivity contribution in [3.63, 3.8) is 0 Å². The van der Waals surface area contributed by atoms with Crippen LogP contribution in [-0.4, -0.2) is 33.9 Å². The van der Waals surface area contributed by atoms with Crippen molar-refractivity contribution < 1.29 is 13.2 Å². The zero-order valence-corrected chi connectivity index (χ0v) is 21.0. The number of nitrogens with zero attached hydrogens (tertiary/aromatic N) is 4. The van der Waals surface area contributed by atoms with Gasteiger partial charge in [-0.1, -0.05) is 42.0 Å². The summed E-state index contributed by atoms with van der Waals surface area (Å²) in [6, 6.07) is 22.6.